The zero-order valence-corrected chi connectivity index (χ0v) is 9.30. The Hall–Kier alpha value is -2.31. The Kier molecular flexibility index (Phi) is 3.52. The second-order valence-electron chi connectivity index (χ2n) is 3.55. The van der Waals surface area contributed by atoms with E-state index in [1.807, 2.05) is 0 Å². The summed E-state index contributed by atoms with van der Waals surface area (Å²) in [5, 5.41) is 17.9. The fourth-order valence-corrected chi connectivity index (χ4v) is 1.20. The lowest BCUT2D eigenvalue weighted by Gasteiger charge is -2.21. The number of aromatic nitrogens is 1. The molecule has 0 saturated heterocycles. The number of amides is 1. The monoisotopic (exact) mass is 240 g/mol. The zero-order chi connectivity index (χ0) is 13.2. The second-order valence-corrected chi connectivity index (χ2v) is 3.55. The third-order valence-corrected chi connectivity index (χ3v) is 2.34. The summed E-state index contributed by atoms with van der Waals surface area (Å²) < 4.78 is 0. The summed E-state index contributed by atoms with van der Waals surface area (Å²) >= 11 is 0. The van der Waals surface area contributed by atoms with Crippen molar-refractivity contribution in [3.63, 3.8) is 0 Å². The molecule has 0 aliphatic rings. The molecule has 7 heteroatoms. The summed E-state index contributed by atoms with van der Waals surface area (Å²) in [5.41, 5.74) is -0.702. The largest absolute Gasteiger partial charge is 0.494 e. The molecule has 0 fully saturated rings. The van der Waals surface area contributed by atoms with Crippen molar-refractivity contribution in [3.05, 3.63) is 28.0 Å². The Morgan fingerprint density at radius 2 is 2.00 bits per heavy atom. The lowest BCUT2D eigenvalue weighted by atomic mass is 10.2. The maximum atomic E-state index is 11.8. The van der Waals surface area contributed by atoms with Gasteiger partial charge in [-0.3, -0.25) is 14.6 Å². The number of aliphatic carboxylic acids is 1. The third kappa shape index (κ3) is 2.83. The molecule has 1 aromatic heterocycles. The van der Waals surface area contributed by atoms with Crippen molar-refractivity contribution in [3.8, 4) is 5.88 Å². The average Bonchev–Trinajstić information content (AvgIpc) is 2.24. The molecule has 1 aromatic rings. The number of nitrogens with one attached hydrogen (secondary N) is 1. The summed E-state index contributed by atoms with van der Waals surface area (Å²) in [7, 11) is 1.30. The van der Waals surface area contributed by atoms with Crippen LogP contribution in [0.5, 0.6) is 5.88 Å². The van der Waals surface area contributed by atoms with Crippen LogP contribution < -0.4 is 5.56 Å². The summed E-state index contributed by atoms with van der Waals surface area (Å²) in [6.45, 7) is 1.34. The first-order valence-corrected chi connectivity index (χ1v) is 4.76. The van der Waals surface area contributed by atoms with Gasteiger partial charge in [-0.25, -0.2) is 4.79 Å². The normalized spacial score (nSPS) is 11.9. The van der Waals surface area contributed by atoms with Gasteiger partial charge in [-0.1, -0.05) is 0 Å². The summed E-state index contributed by atoms with van der Waals surface area (Å²) in [4.78, 5) is 36.6. The predicted octanol–water partition coefficient (Wildman–Crippen LogP) is -0.374. The Bertz CT molecular complexity index is 508. The molecule has 1 atom stereocenters. The minimum absolute atomic E-state index is 0.0677. The standard InChI is InChI=1S/C10H12N2O5/c1-5(10(16)17)12(2)9(15)6-3-7(13)11-8(14)4-6/h3-5H,1-2H3,(H,16,17)(H2,11,13,14). The fourth-order valence-electron chi connectivity index (χ4n) is 1.20. The third-order valence-electron chi connectivity index (χ3n) is 2.34. The SMILES string of the molecule is CC(C(=O)O)N(C)C(=O)c1cc(O)[nH]c(=O)c1. The molecule has 0 bridgehead atoms. The van der Waals surface area contributed by atoms with Gasteiger partial charge in [-0.15, -0.1) is 0 Å². The van der Waals surface area contributed by atoms with Crippen LogP contribution in [0.1, 0.15) is 17.3 Å². The van der Waals surface area contributed by atoms with Crippen molar-refractivity contribution in [2.45, 2.75) is 13.0 Å². The van der Waals surface area contributed by atoms with Crippen molar-refractivity contribution in [2.24, 2.45) is 0 Å². The Balaban J connectivity index is 3.04. The molecule has 1 rings (SSSR count). The predicted molar refractivity (Wildman–Crippen MR) is 57.9 cm³/mol. The minimum atomic E-state index is -1.16. The highest BCUT2D eigenvalue weighted by Crippen LogP contribution is 2.09. The van der Waals surface area contributed by atoms with Crippen LogP contribution in [0, 0.1) is 0 Å². The molecule has 0 radical (unpaired) electrons. The van der Waals surface area contributed by atoms with Crippen molar-refractivity contribution < 1.29 is 19.8 Å². The molecule has 0 saturated carbocycles. The molecule has 0 aromatic carbocycles. The van der Waals surface area contributed by atoms with E-state index in [0.717, 1.165) is 17.0 Å². The van der Waals surface area contributed by atoms with E-state index in [1.165, 1.54) is 14.0 Å². The molecule has 0 aliphatic carbocycles. The highest BCUT2D eigenvalue weighted by Gasteiger charge is 2.23. The van der Waals surface area contributed by atoms with E-state index in [4.69, 9.17) is 10.2 Å². The number of pyridine rings is 1. The smallest absolute Gasteiger partial charge is 0.326 e. The number of H-pyrrole nitrogens is 1. The first-order chi connectivity index (χ1) is 7.82. The Labute approximate surface area is 96.3 Å². The maximum absolute atomic E-state index is 11.8. The Morgan fingerprint density at radius 3 is 2.47 bits per heavy atom. The number of carboxylic acids is 1. The van der Waals surface area contributed by atoms with Crippen molar-refractivity contribution in [1.82, 2.24) is 9.88 Å². The Morgan fingerprint density at radius 1 is 1.41 bits per heavy atom. The first-order valence-electron chi connectivity index (χ1n) is 4.76. The van der Waals surface area contributed by atoms with Gasteiger partial charge < -0.3 is 15.1 Å². The van der Waals surface area contributed by atoms with Gasteiger partial charge in [0.05, 0.1) is 5.56 Å². The molecule has 7 nitrogen and oxygen atoms in total. The minimum Gasteiger partial charge on any atom is -0.494 e. The van der Waals surface area contributed by atoms with E-state index in [0.29, 0.717) is 0 Å². The average molecular weight is 240 g/mol. The highest BCUT2D eigenvalue weighted by atomic mass is 16.4. The molecular weight excluding hydrogens is 228 g/mol. The maximum Gasteiger partial charge on any atom is 0.326 e. The molecule has 3 N–H and O–H groups in total. The van der Waals surface area contributed by atoms with E-state index >= 15 is 0 Å². The van der Waals surface area contributed by atoms with Crippen molar-refractivity contribution in [2.75, 3.05) is 7.05 Å². The van der Waals surface area contributed by atoms with Gasteiger partial charge >= 0.3 is 5.97 Å². The number of carbonyl (C=O) groups excluding carboxylic acids is 1. The van der Waals surface area contributed by atoms with Crippen LogP contribution in [-0.4, -0.2) is 45.1 Å². The van der Waals surface area contributed by atoms with Crippen LogP contribution in [0.4, 0.5) is 0 Å². The highest BCUT2D eigenvalue weighted by molar-refractivity contribution is 5.96. The van der Waals surface area contributed by atoms with Gasteiger partial charge in [0.25, 0.3) is 11.5 Å². The molecule has 92 valence electrons. The van der Waals surface area contributed by atoms with Gasteiger partial charge in [0.1, 0.15) is 6.04 Å². The van der Waals surface area contributed by atoms with Crippen LogP contribution in [0.2, 0.25) is 0 Å². The van der Waals surface area contributed by atoms with Crippen molar-refractivity contribution in [1.29, 1.82) is 0 Å². The zero-order valence-electron chi connectivity index (χ0n) is 9.30. The van der Waals surface area contributed by atoms with Gasteiger partial charge in [-0.05, 0) is 6.92 Å². The summed E-state index contributed by atoms with van der Waals surface area (Å²) in [5.74, 6) is -2.26. The topological polar surface area (TPSA) is 111 Å². The number of nitrogens with zero attached hydrogens (tertiary/aromatic N) is 1. The second kappa shape index (κ2) is 4.69. The molecule has 0 spiro atoms. The molecule has 1 unspecified atom stereocenters. The number of aromatic amines is 1. The lowest BCUT2D eigenvalue weighted by Crippen LogP contribution is -2.40. The van der Waals surface area contributed by atoms with E-state index in [1.54, 1.807) is 0 Å². The molecule has 17 heavy (non-hydrogen) atoms. The van der Waals surface area contributed by atoms with E-state index in [-0.39, 0.29) is 5.56 Å². The van der Waals surface area contributed by atoms with E-state index in [2.05, 4.69) is 4.98 Å². The number of likely N-dealkylation sites (N-methyl/N-ethyl adjacent to an activating group) is 1. The van der Waals surface area contributed by atoms with Gasteiger partial charge in [0.2, 0.25) is 0 Å². The van der Waals surface area contributed by atoms with Gasteiger partial charge in [0.15, 0.2) is 5.88 Å². The van der Waals surface area contributed by atoms with Crippen LogP contribution >= 0.6 is 0 Å². The quantitative estimate of drug-likeness (QED) is 0.667. The fraction of sp³-hybridized carbons (Fsp3) is 0.300. The first kappa shape index (κ1) is 12.8. The number of aromatic hydroxyl groups is 1. The van der Waals surface area contributed by atoms with Crippen molar-refractivity contribution >= 4 is 11.9 Å². The van der Waals surface area contributed by atoms with Crippen LogP contribution in [0.25, 0.3) is 0 Å². The number of hydrogen-bond acceptors (Lipinski definition) is 4. The lowest BCUT2D eigenvalue weighted by molar-refractivity contribution is -0.141. The number of carbonyl (C=O) groups is 2. The van der Waals surface area contributed by atoms with Crippen LogP contribution in [-0.2, 0) is 4.79 Å². The van der Waals surface area contributed by atoms with Crippen LogP contribution in [0.15, 0.2) is 16.9 Å². The number of rotatable bonds is 3. The molecular formula is C10H12N2O5. The molecule has 0 aliphatic heterocycles. The number of hydrogen-bond donors (Lipinski definition) is 3. The van der Waals surface area contributed by atoms with E-state index < -0.39 is 29.4 Å². The van der Waals surface area contributed by atoms with E-state index in [9.17, 15) is 14.4 Å². The van der Waals surface area contributed by atoms with Gasteiger partial charge in [-0.2, -0.15) is 0 Å². The summed E-state index contributed by atoms with van der Waals surface area (Å²) in [6, 6.07) is 1.03. The molecule has 1 amide bonds. The molecule has 1 heterocycles. The van der Waals surface area contributed by atoms with Crippen LogP contribution in [0.3, 0.4) is 0 Å². The number of carboxylic acid groups (broad SMARTS) is 1. The van der Waals surface area contributed by atoms with Gasteiger partial charge in [0, 0.05) is 19.2 Å². The summed E-state index contributed by atoms with van der Waals surface area (Å²) in [6.07, 6.45) is 0.